The van der Waals surface area contributed by atoms with Gasteiger partial charge < -0.3 is 15.7 Å². The van der Waals surface area contributed by atoms with Crippen LogP contribution in [0.2, 0.25) is 0 Å². The minimum absolute atomic E-state index is 0.0938. The van der Waals surface area contributed by atoms with E-state index in [1.807, 2.05) is 6.07 Å². The van der Waals surface area contributed by atoms with Crippen LogP contribution in [0.25, 0.3) is 22.4 Å². The smallest absolute Gasteiger partial charge is 0.216 e. The summed E-state index contributed by atoms with van der Waals surface area (Å²) in [6.45, 7) is 2.37. The lowest BCUT2D eigenvalue weighted by molar-refractivity contribution is -0.118. The maximum atomic E-state index is 13.7. The second-order valence-electron chi connectivity index (χ2n) is 6.21. The topological polar surface area (TPSA) is 74.2 Å². The Kier molecular flexibility index (Phi) is 6.26. The number of halogens is 2. The molecule has 0 atom stereocenters. The summed E-state index contributed by atoms with van der Waals surface area (Å²) in [5.74, 6) is 0.210. The van der Waals surface area contributed by atoms with E-state index in [0.29, 0.717) is 35.7 Å². The molecule has 3 rings (SSSR count). The monoisotopic (exact) mass is 443 g/mol. The summed E-state index contributed by atoms with van der Waals surface area (Å²) in [5.41, 5.74) is 2.55. The van der Waals surface area contributed by atoms with Gasteiger partial charge in [-0.05, 0) is 53.6 Å². The summed E-state index contributed by atoms with van der Waals surface area (Å²) >= 11 is 3.41. The quantitative estimate of drug-likeness (QED) is 0.487. The number of hydrogen-bond acceptors (Lipinski definition) is 4. The highest BCUT2D eigenvalue weighted by Gasteiger charge is 2.11. The number of rotatable bonds is 6. The van der Waals surface area contributed by atoms with Gasteiger partial charge in [-0.2, -0.15) is 0 Å². The predicted octanol–water partition coefficient (Wildman–Crippen LogP) is 4.57. The lowest BCUT2D eigenvalue weighted by Gasteiger charge is -2.13. The summed E-state index contributed by atoms with van der Waals surface area (Å²) in [6.07, 6.45) is 0. The zero-order chi connectivity index (χ0) is 20.1. The van der Waals surface area contributed by atoms with Crippen molar-refractivity contribution in [1.29, 1.82) is 0 Å². The molecule has 0 aliphatic rings. The average molecular weight is 444 g/mol. The Balaban J connectivity index is 2.00. The van der Waals surface area contributed by atoms with Crippen molar-refractivity contribution in [2.75, 3.05) is 18.4 Å². The molecule has 7 heteroatoms. The molecule has 1 aromatic heterocycles. The number of carbonyl (C=O) groups is 1. The van der Waals surface area contributed by atoms with Gasteiger partial charge in [0.1, 0.15) is 17.4 Å². The molecule has 0 aliphatic carbocycles. The van der Waals surface area contributed by atoms with E-state index in [0.717, 1.165) is 10.0 Å². The molecule has 0 saturated carbocycles. The molecule has 3 N–H and O–H groups in total. The van der Waals surface area contributed by atoms with E-state index in [4.69, 9.17) is 0 Å². The summed E-state index contributed by atoms with van der Waals surface area (Å²) < 4.78 is 14.5. The highest BCUT2D eigenvalue weighted by atomic mass is 79.9. The Labute approximate surface area is 170 Å². The molecule has 0 bridgehead atoms. The maximum Gasteiger partial charge on any atom is 0.216 e. The molecule has 144 valence electrons. The lowest BCUT2D eigenvalue weighted by atomic mass is 10.0. The van der Waals surface area contributed by atoms with Crippen molar-refractivity contribution in [3.8, 4) is 28.1 Å². The minimum atomic E-state index is -0.332. The van der Waals surface area contributed by atoms with Gasteiger partial charge in [0.2, 0.25) is 5.91 Å². The zero-order valence-corrected chi connectivity index (χ0v) is 16.8. The van der Waals surface area contributed by atoms with Gasteiger partial charge in [0, 0.05) is 30.0 Å². The van der Waals surface area contributed by atoms with Crippen molar-refractivity contribution in [3.05, 3.63) is 64.9 Å². The van der Waals surface area contributed by atoms with Crippen molar-refractivity contribution < 1.29 is 14.3 Å². The first-order valence-electron chi connectivity index (χ1n) is 8.67. The van der Waals surface area contributed by atoms with E-state index in [1.165, 1.54) is 19.1 Å². The molecule has 0 radical (unpaired) electrons. The standard InChI is InChI=1S/C21H19BrFN3O2/c1-13(27)24-7-8-25-21-11-15(14-3-2-4-17(23)9-14)10-19(26-21)18-12-16(22)5-6-20(18)28/h2-6,9-12,28H,7-8H2,1H3,(H,24,27)(H,25,26). The number of hydrogen-bond donors (Lipinski definition) is 3. The van der Waals surface area contributed by atoms with Gasteiger partial charge in [-0.15, -0.1) is 0 Å². The van der Waals surface area contributed by atoms with Gasteiger partial charge in [-0.25, -0.2) is 9.37 Å². The highest BCUT2D eigenvalue weighted by molar-refractivity contribution is 9.10. The van der Waals surface area contributed by atoms with Crippen LogP contribution in [0.3, 0.4) is 0 Å². The summed E-state index contributed by atoms with van der Waals surface area (Å²) in [6, 6.07) is 15.0. The van der Waals surface area contributed by atoms with Gasteiger partial charge in [0.05, 0.1) is 5.69 Å². The second-order valence-corrected chi connectivity index (χ2v) is 7.12. The fourth-order valence-electron chi connectivity index (χ4n) is 2.74. The summed E-state index contributed by atoms with van der Waals surface area (Å²) in [7, 11) is 0. The van der Waals surface area contributed by atoms with Crippen molar-refractivity contribution >= 4 is 27.7 Å². The number of amides is 1. The summed E-state index contributed by atoms with van der Waals surface area (Å²) in [4.78, 5) is 15.6. The van der Waals surface area contributed by atoms with Gasteiger partial charge in [-0.1, -0.05) is 28.1 Å². The Hall–Kier alpha value is -2.93. The van der Waals surface area contributed by atoms with E-state index in [-0.39, 0.29) is 17.5 Å². The molecule has 0 unspecified atom stereocenters. The molecule has 1 amide bonds. The Morgan fingerprint density at radius 3 is 2.68 bits per heavy atom. The van der Waals surface area contributed by atoms with Crippen molar-refractivity contribution in [3.63, 3.8) is 0 Å². The molecule has 0 saturated heterocycles. The molecule has 0 aliphatic heterocycles. The van der Waals surface area contributed by atoms with Crippen LogP contribution in [0.15, 0.2) is 59.1 Å². The molecule has 3 aromatic rings. The third-order valence-corrected chi connectivity index (χ3v) is 4.52. The van der Waals surface area contributed by atoms with E-state index < -0.39 is 0 Å². The van der Waals surface area contributed by atoms with Gasteiger partial charge in [-0.3, -0.25) is 4.79 Å². The molecule has 5 nitrogen and oxygen atoms in total. The van der Waals surface area contributed by atoms with Crippen LogP contribution in [0.4, 0.5) is 10.2 Å². The maximum absolute atomic E-state index is 13.7. The Bertz CT molecular complexity index is 1010. The number of carbonyl (C=O) groups excluding carboxylic acids is 1. The molecule has 0 fully saturated rings. The first-order valence-corrected chi connectivity index (χ1v) is 9.47. The number of anilines is 1. The minimum Gasteiger partial charge on any atom is -0.507 e. The summed E-state index contributed by atoms with van der Waals surface area (Å²) in [5, 5.41) is 16.1. The fraction of sp³-hybridized carbons (Fsp3) is 0.143. The number of benzene rings is 2. The van der Waals surface area contributed by atoms with E-state index >= 15 is 0 Å². The molecular weight excluding hydrogens is 425 g/mol. The predicted molar refractivity (Wildman–Crippen MR) is 112 cm³/mol. The van der Waals surface area contributed by atoms with Crippen molar-refractivity contribution in [2.45, 2.75) is 6.92 Å². The van der Waals surface area contributed by atoms with Gasteiger partial charge in [0.25, 0.3) is 0 Å². The number of nitrogens with zero attached hydrogens (tertiary/aromatic N) is 1. The molecule has 2 aromatic carbocycles. The average Bonchev–Trinajstić information content (AvgIpc) is 2.67. The first kappa shape index (κ1) is 19.8. The van der Waals surface area contributed by atoms with Crippen LogP contribution in [0.5, 0.6) is 5.75 Å². The number of phenolic OH excluding ortho intramolecular Hbond substituents is 1. The van der Waals surface area contributed by atoms with Crippen molar-refractivity contribution in [1.82, 2.24) is 10.3 Å². The fourth-order valence-corrected chi connectivity index (χ4v) is 3.10. The third kappa shape index (κ3) is 5.07. The SMILES string of the molecule is CC(=O)NCCNc1cc(-c2cccc(F)c2)cc(-c2cc(Br)ccc2O)n1. The third-order valence-electron chi connectivity index (χ3n) is 4.02. The number of aromatic hydroxyl groups is 1. The van der Waals surface area contributed by atoms with Crippen LogP contribution >= 0.6 is 15.9 Å². The Morgan fingerprint density at radius 2 is 1.93 bits per heavy atom. The largest absolute Gasteiger partial charge is 0.507 e. The van der Waals surface area contributed by atoms with Gasteiger partial charge in [0.15, 0.2) is 0 Å². The number of aromatic nitrogens is 1. The van der Waals surface area contributed by atoms with E-state index in [9.17, 15) is 14.3 Å². The lowest BCUT2D eigenvalue weighted by Crippen LogP contribution is -2.26. The number of nitrogens with one attached hydrogen (secondary N) is 2. The van der Waals surface area contributed by atoms with E-state index in [1.54, 1.807) is 36.4 Å². The first-order chi connectivity index (χ1) is 13.4. The van der Waals surface area contributed by atoms with Crippen LogP contribution in [-0.2, 0) is 4.79 Å². The number of pyridine rings is 1. The second kappa shape index (κ2) is 8.84. The number of phenols is 1. The van der Waals surface area contributed by atoms with Crippen LogP contribution in [0.1, 0.15) is 6.92 Å². The highest BCUT2D eigenvalue weighted by Crippen LogP contribution is 2.34. The van der Waals surface area contributed by atoms with Crippen molar-refractivity contribution in [2.24, 2.45) is 0 Å². The molecule has 1 heterocycles. The van der Waals surface area contributed by atoms with Crippen LogP contribution in [0, 0.1) is 5.82 Å². The molecular formula is C21H19BrFN3O2. The molecule has 28 heavy (non-hydrogen) atoms. The molecule has 0 spiro atoms. The van der Waals surface area contributed by atoms with E-state index in [2.05, 4.69) is 31.5 Å². The van der Waals surface area contributed by atoms with Gasteiger partial charge >= 0.3 is 0 Å². The zero-order valence-electron chi connectivity index (χ0n) is 15.2. The van der Waals surface area contributed by atoms with Crippen LogP contribution < -0.4 is 10.6 Å². The normalized spacial score (nSPS) is 10.5. The van der Waals surface area contributed by atoms with Crippen LogP contribution in [-0.4, -0.2) is 29.1 Å². The Morgan fingerprint density at radius 1 is 1.11 bits per heavy atom.